The maximum absolute atomic E-state index is 5.48. The molecular formula is C10H8Cl3NO2Ti. The van der Waals surface area contributed by atoms with Crippen molar-refractivity contribution in [3.63, 3.8) is 0 Å². The van der Waals surface area contributed by atoms with Gasteiger partial charge in [-0.05, 0) is 0 Å². The second-order valence-corrected chi connectivity index (χ2v) is 3.52. The van der Waals surface area contributed by atoms with E-state index >= 15 is 0 Å². The first-order valence-corrected chi connectivity index (χ1v) is 5.50. The van der Waals surface area contributed by atoms with Gasteiger partial charge in [-0.15, -0.1) is 0 Å². The van der Waals surface area contributed by atoms with Crippen molar-refractivity contribution in [2.45, 2.75) is 0 Å². The SMILES string of the molecule is [Cl-].[Cl-].[Cl-].c1ccc([O]/[Ti+3]=[N]/c2ccco2)cc1. The molecule has 1 aromatic carbocycles. The molecule has 0 spiro atoms. The van der Waals surface area contributed by atoms with Gasteiger partial charge in [-0.25, -0.2) is 0 Å². The Morgan fingerprint density at radius 3 is 2.24 bits per heavy atom. The Bertz CT molecular complexity index is 409. The van der Waals surface area contributed by atoms with Gasteiger partial charge >= 0.3 is 90.9 Å². The van der Waals surface area contributed by atoms with E-state index in [1.165, 1.54) is 0 Å². The van der Waals surface area contributed by atoms with E-state index in [0.717, 1.165) is 5.75 Å². The van der Waals surface area contributed by atoms with E-state index in [9.17, 15) is 0 Å². The number of furan rings is 1. The van der Waals surface area contributed by atoms with Crippen LogP contribution in [0, 0.1) is 0 Å². The molecule has 0 N–H and O–H groups in total. The summed E-state index contributed by atoms with van der Waals surface area (Å²) in [5, 5.41) is 0. The molecule has 0 amide bonds. The summed E-state index contributed by atoms with van der Waals surface area (Å²) < 4.78 is 14.7. The summed E-state index contributed by atoms with van der Waals surface area (Å²) in [4.78, 5) is 0. The van der Waals surface area contributed by atoms with Crippen LogP contribution in [0.15, 0.2) is 56.6 Å². The van der Waals surface area contributed by atoms with E-state index in [1.807, 2.05) is 42.5 Å². The first kappa shape index (κ1) is 19.0. The van der Waals surface area contributed by atoms with Gasteiger partial charge in [0.05, 0.1) is 0 Å². The molecule has 0 unspecified atom stereocenters. The summed E-state index contributed by atoms with van der Waals surface area (Å²) >= 11 is -0.805. The number of benzene rings is 1. The molecule has 90 valence electrons. The molecule has 0 radical (unpaired) electrons. The van der Waals surface area contributed by atoms with Gasteiger partial charge in [0.15, 0.2) is 0 Å². The molecule has 7 heteroatoms. The van der Waals surface area contributed by atoms with Crippen molar-refractivity contribution in [2.24, 2.45) is 3.42 Å². The number of para-hydroxylation sites is 1. The van der Waals surface area contributed by atoms with Gasteiger partial charge in [0.1, 0.15) is 0 Å². The van der Waals surface area contributed by atoms with Crippen LogP contribution in [-0.2, 0) is 19.4 Å². The Labute approximate surface area is 127 Å². The Balaban J connectivity index is 0. The predicted molar refractivity (Wildman–Crippen MR) is 47.9 cm³/mol. The van der Waals surface area contributed by atoms with Crippen LogP contribution in [0.4, 0.5) is 5.88 Å². The molecule has 2 aromatic rings. The fourth-order valence-corrected chi connectivity index (χ4v) is 1.73. The first-order valence-electron chi connectivity index (χ1n) is 4.16. The van der Waals surface area contributed by atoms with E-state index in [1.54, 1.807) is 6.26 Å². The van der Waals surface area contributed by atoms with Gasteiger partial charge in [-0.2, -0.15) is 0 Å². The Morgan fingerprint density at radius 2 is 1.65 bits per heavy atom. The van der Waals surface area contributed by atoms with E-state index < -0.39 is 19.4 Å². The summed E-state index contributed by atoms with van der Waals surface area (Å²) in [5.41, 5.74) is 0. The average Bonchev–Trinajstić information content (AvgIpc) is 2.72. The van der Waals surface area contributed by atoms with Gasteiger partial charge in [0.25, 0.3) is 0 Å². The third-order valence-electron chi connectivity index (χ3n) is 1.57. The summed E-state index contributed by atoms with van der Waals surface area (Å²) in [6.07, 6.45) is 1.60. The van der Waals surface area contributed by atoms with E-state index in [2.05, 4.69) is 3.42 Å². The van der Waals surface area contributed by atoms with Gasteiger partial charge in [-0.1, -0.05) is 0 Å². The second-order valence-electron chi connectivity index (χ2n) is 2.57. The van der Waals surface area contributed by atoms with Crippen LogP contribution < -0.4 is 40.5 Å². The van der Waals surface area contributed by atoms with E-state index in [4.69, 9.17) is 7.74 Å². The Morgan fingerprint density at radius 1 is 0.941 bits per heavy atom. The zero-order valence-electron chi connectivity index (χ0n) is 8.52. The van der Waals surface area contributed by atoms with Crippen LogP contribution in [0.5, 0.6) is 5.75 Å². The molecule has 0 saturated heterocycles. The molecular weight excluding hydrogens is 320 g/mol. The summed E-state index contributed by atoms with van der Waals surface area (Å²) in [7, 11) is 0. The fourth-order valence-electron chi connectivity index (χ4n) is 0.943. The van der Waals surface area contributed by atoms with Gasteiger partial charge in [0.2, 0.25) is 0 Å². The molecule has 0 aliphatic heterocycles. The molecule has 1 heterocycles. The molecule has 2 rings (SSSR count). The topological polar surface area (TPSA) is 34.7 Å². The molecule has 3 nitrogen and oxygen atoms in total. The van der Waals surface area contributed by atoms with Crippen molar-refractivity contribution < 1.29 is 64.3 Å². The van der Waals surface area contributed by atoms with Crippen LogP contribution in [0.3, 0.4) is 0 Å². The predicted octanol–water partition coefficient (Wildman–Crippen LogP) is -5.82. The number of halogens is 3. The molecule has 0 saturated carbocycles. The molecule has 0 aliphatic rings. The maximum atomic E-state index is 5.48. The number of rotatable bonds is 3. The standard InChI is InChI=1S/C6H6O.C4H3NO.3ClH.Ti/c7-6-4-2-1-3-5-6;5-4-2-1-3-6-4;;;;/h1-5,7H;1-3H;3*1H;/q;;;;;+4/p-4. The third kappa shape index (κ3) is 6.86. The molecule has 0 fully saturated rings. The summed E-state index contributed by atoms with van der Waals surface area (Å²) in [5.74, 6) is 1.50. The van der Waals surface area contributed by atoms with Gasteiger partial charge in [0, 0.05) is 0 Å². The zero-order valence-corrected chi connectivity index (χ0v) is 12.3. The first-order chi connectivity index (χ1) is 6.95. The Kier molecular flexibility index (Phi) is 12.1. The van der Waals surface area contributed by atoms with Crippen molar-refractivity contribution in [3.05, 3.63) is 48.7 Å². The monoisotopic (exact) mass is 327 g/mol. The van der Waals surface area contributed by atoms with Crippen LogP contribution >= 0.6 is 0 Å². The van der Waals surface area contributed by atoms with Crippen LogP contribution in [0.1, 0.15) is 0 Å². The summed E-state index contributed by atoms with van der Waals surface area (Å²) in [6, 6.07) is 13.3. The summed E-state index contributed by atoms with van der Waals surface area (Å²) in [6.45, 7) is 0. The van der Waals surface area contributed by atoms with Gasteiger partial charge < -0.3 is 37.2 Å². The molecule has 1 aromatic heterocycles. The van der Waals surface area contributed by atoms with Crippen LogP contribution in [-0.4, -0.2) is 0 Å². The quantitative estimate of drug-likeness (QED) is 0.526. The number of hydrogen-bond donors (Lipinski definition) is 0. The molecule has 17 heavy (non-hydrogen) atoms. The van der Waals surface area contributed by atoms with Crippen molar-refractivity contribution in [1.29, 1.82) is 0 Å². The molecule has 0 atom stereocenters. The van der Waals surface area contributed by atoms with Gasteiger partial charge in [-0.3, -0.25) is 0 Å². The van der Waals surface area contributed by atoms with Crippen molar-refractivity contribution in [3.8, 4) is 5.75 Å². The molecule has 0 aliphatic carbocycles. The molecule has 0 bridgehead atoms. The minimum atomic E-state index is -0.805. The van der Waals surface area contributed by atoms with Crippen molar-refractivity contribution >= 4 is 5.88 Å². The Hall–Kier alpha value is -0.316. The van der Waals surface area contributed by atoms with Crippen LogP contribution in [0.25, 0.3) is 0 Å². The number of hydrogen-bond acceptors (Lipinski definition) is 3. The average molecular weight is 328 g/mol. The van der Waals surface area contributed by atoms with E-state index in [0.29, 0.717) is 5.88 Å². The second kappa shape index (κ2) is 10.8. The number of nitrogens with zero attached hydrogens (tertiary/aromatic N) is 1. The fraction of sp³-hybridized carbons (Fsp3) is 0. The minimum absolute atomic E-state index is 0. The van der Waals surface area contributed by atoms with E-state index in [-0.39, 0.29) is 37.2 Å². The zero-order chi connectivity index (χ0) is 9.64. The van der Waals surface area contributed by atoms with Crippen molar-refractivity contribution in [2.75, 3.05) is 0 Å². The van der Waals surface area contributed by atoms with Crippen LogP contribution in [0.2, 0.25) is 0 Å². The third-order valence-corrected chi connectivity index (χ3v) is 2.57. The van der Waals surface area contributed by atoms with Crippen molar-refractivity contribution in [1.82, 2.24) is 0 Å². The normalized spacial score (nSPS) is 9.65.